The van der Waals surface area contributed by atoms with E-state index in [-0.39, 0.29) is 0 Å². The molecule has 0 fully saturated rings. The number of pyridine rings is 1. The quantitative estimate of drug-likeness (QED) is 0.807. The molecule has 0 saturated heterocycles. The van der Waals surface area contributed by atoms with Gasteiger partial charge in [-0.25, -0.2) is 9.59 Å². The highest BCUT2D eigenvalue weighted by atomic mass is 79.9. The van der Waals surface area contributed by atoms with Crippen molar-refractivity contribution in [1.29, 1.82) is 0 Å². The number of hydrogen-bond donors (Lipinski definition) is 1. The van der Waals surface area contributed by atoms with Gasteiger partial charge in [0.1, 0.15) is 6.61 Å². The zero-order valence-electron chi connectivity index (χ0n) is 11.3. The fourth-order valence-electron chi connectivity index (χ4n) is 1.55. The van der Waals surface area contributed by atoms with Crippen LogP contribution in [0.3, 0.4) is 0 Å². The zero-order valence-corrected chi connectivity index (χ0v) is 12.9. The smallest absolute Gasteiger partial charge is 0.404 e. The summed E-state index contributed by atoms with van der Waals surface area (Å²) < 4.78 is 32.1. The van der Waals surface area contributed by atoms with E-state index in [1.807, 2.05) is 0 Å². The summed E-state index contributed by atoms with van der Waals surface area (Å²) >= 11 is 3.18. The van der Waals surface area contributed by atoms with E-state index in [1.165, 1.54) is 12.4 Å². The second-order valence-corrected chi connectivity index (χ2v) is 5.08. The molecular weight excluding hydrogens is 382 g/mol. The first-order valence-corrected chi connectivity index (χ1v) is 6.76. The van der Waals surface area contributed by atoms with Crippen LogP contribution in [-0.4, -0.2) is 37.5 Å². The van der Waals surface area contributed by atoms with Crippen molar-refractivity contribution in [2.75, 3.05) is 6.61 Å². The monoisotopic (exact) mass is 390 g/mol. The van der Waals surface area contributed by atoms with Gasteiger partial charge in [-0.3, -0.25) is 4.98 Å². The average Bonchev–Trinajstić information content (AvgIpc) is 2.84. The highest BCUT2D eigenvalue weighted by Gasteiger charge is 2.15. The summed E-state index contributed by atoms with van der Waals surface area (Å²) in [4.78, 5) is 26.5. The molecule has 2 rings (SSSR count). The molecule has 0 unspecified atom stereocenters. The zero-order chi connectivity index (χ0) is 17.0. The van der Waals surface area contributed by atoms with E-state index in [2.05, 4.69) is 36.1 Å². The Bertz CT molecular complexity index is 814. The van der Waals surface area contributed by atoms with Crippen LogP contribution in [0.5, 0.6) is 0 Å². The fraction of sp³-hybridized carbons (Fsp3) is 0.182. The van der Waals surface area contributed by atoms with Gasteiger partial charge in [-0.05, 0) is 32.4 Å². The first-order valence-electron chi connectivity index (χ1n) is 5.97. The number of primary amides is 1. The largest absolute Gasteiger partial charge is 0.445 e. The molecule has 0 radical (unpaired) electrons. The highest BCUT2D eigenvalue weighted by molar-refractivity contribution is 9.10. The van der Waals surface area contributed by atoms with Crippen molar-refractivity contribution in [1.82, 2.24) is 24.8 Å². The fourth-order valence-corrected chi connectivity index (χ4v) is 1.90. The van der Waals surface area contributed by atoms with E-state index >= 15 is 0 Å². The number of carbonyl (C=O) groups excluding carboxylic acids is 1. The van der Waals surface area contributed by atoms with Crippen LogP contribution in [0.2, 0.25) is 0 Å². The molecule has 0 spiro atoms. The van der Waals surface area contributed by atoms with Crippen molar-refractivity contribution < 1.29 is 18.3 Å². The van der Waals surface area contributed by atoms with Crippen molar-refractivity contribution in [3.8, 4) is 5.69 Å². The molecule has 1 amide bonds. The van der Waals surface area contributed by atoms with Crippen LogP contribution in [-0.2, 0) is 11.3 Å². The molecule has 0 atom stereocenters. The summed E-state index contributed by atoms with van der Waals surface area (Å²) in [7, 11) is 0. The lowest BCUT2D eigenvalue weighted by Gasteiger charge is -2.05. The summed E-state index contributed by atoms with van der Waals surface area (Å²) in [5, 5.41) is 7.10. The summed E-state index contributed by atoms with van der Waals surface area (Å²) in [6.45, 7) is -1.36. The van der Waals surface area contributed by atoms with Crippen molar-refractivity contribution in [2.45, 2.75) is 6.54 Å². The molecule has 0 saturated carbocycles. The summed E-state index contributed by atoms with van der Waals surface area (Å²) in [5.74, 6) is 0. The summed E-state index contributed by atoms with van der Waals surface area (Å²) in [6, 6.07) is 1.55. The van der Waals surface area contributed by atoms with Gasteiger partial charge >= 0.3 is 11.8 Å². The molecule has 122 valence electrons. The molecule has 2 aromatic heterocycles. The van der Waals surface area contributed by atoms with Crippen LogP contribution >= 0.6 is 15.9 Å². The number of amides is 1. The molecule has 0 aliphatic rings. The van der Waals surface area contributed by atoms with Crippen molar-refractivity contribution in [3.05, 3.63) is 45.1 Å². The van der Waals surface area contributed by atoms with Crippen molar-refractivity contribution >= 4 is 22.0 Å². The van der Waals surface area contributed by atoms with Gasteiger partial charge in [0.15, 0.2) is 0 Å². The topological polar surface area (TPSA) is 118 Å². The molecule has 23 heavy (non-hydrogen) atoms. The van der Waals surface area contributed by atoms with Crippen LogP contribution in [0.25, 0.3) is 5.69 Å². The lowest BCUT2D eigenvalue weighted by Crippen LogP contribution is -2.26. The Kier molecular flexibility index (Phi) is 5.16. The second kappa shape index (κ2) is 7.09. The number of carbonyl (C=O) groups is 1. The third-order valence-corrected chi connectivity index (χ3v) is 3.00. The van der Waals surface area contributed by atoms with E-state index in [1.54, 1.807) is 6.07 Å². The number of nitrogens with two attached hydrogens (primary N) is 1. The first-order chi connectivity index (χ1) is 10.9. The standard InChI is InChI=1S/C11H9BrF2N6O3/c12-7-1-8(3-16-2-7)20-11(22)19(17-18-20)4-6(9(13)14)5-23-10(15)21/h1-3H,4-5H2,(H2,15,21). The number of tetrazole rings is 1. The minimum atomic E-state index is -2.10. The van der Waals surface area contributed by atoms with Crippen LogP contribution < -0.4 is 11.4 Å². The Balaban J connectivity index is 2.27. The maximum atomic E-state index is 12.8. The number of ether oxygens (including phenoxy) is 1. The van der Waals surface area contributed by atoms with E-state index in [0.717, 1.165) is 4.68 Å². The molecule has 0 aromatic carbocycles. The van der Waals surface area contributed by atoms with Crippen LogP contribution in [0, 0.1) is 0 Å². The minimum absolute atomic E-state index is 0.301. The van der Waals surface area contributed by atoms with Gasteiger partial charge in [0.05, 0.1) is 24.0 Å². The SMILES string of the molecule is NC(=O)OCC(Cn1nnn(-c2cncc(Br)c2)c1=O)=C(F)F. The number of aromatic nitrogens is 5. The van der Waals surface area contributed by atoms with Gasteiger partial charge < -0.3 is 10.5 Å². The van der Waals surface area contributed by atoms with Gasteiger partial charge in [-0.15, -0.1) is 0 Å². The molecular formula is C11H9BrF2N6O3. The predicted molar refractivity (Wildman–Crippen MR) is 75.9 cm³/mol. The minimum Gasteiger partial charge on any atom is -0.445 e. The third-order valence-electron chi connectivity index (χ3n) is 2.57. The Morgan fingerprint density at radius 2 is 2.09 bits per heavy atom. The van der Waals surface area contributed by atoms with Crippen LogP contribution in [0.1, 0.15) is 0 Å². The lowest BCUT2D eigenvalue weighted by atomic mass is 10.3. The summed E-state index contributed by atoms with van der Waals surface area (Å²) in [6.07, 6.45) is -0.454. The normalized spacial score (nSPS) is 10.4. The van der Waals surface area contributed by atoms with E-state index in [4.69, 9.17) is 5.73 Å². The van der Waals surface area contributed by atoms with Crippen molar-refractivity contribution in [3.63, 3.8) is 0 Å². The maximum absolute atomic E-state index is 12.8. The molecule has 2 aromatic rings. The number of nitrogens with zero attached hydrogens (tertiary/aromatic N) is 5. The van der Waals surface area contributed by atoms with Gasteiger partial charge in [-0.2, -0.15) is 18.1 Å². The molecule has 0 aliphatic heterocycles. The summed E-state index contributed by atoms with van der Waals surface area (Å²) in [5.41, 5.74) is 3.64. The van der Waals surface area contributed by atoms with Gasteiger partial charge in [0.2, 0.25) is 0 Å². The molecule has 0 aliphatic carbocycles. The first kappa shape index (κ1) is 16.7. The average molecular weight is 391 g/mol. The molecule has 2 heterocycles. The number of rotatable bonds is 5. The van der Waals surface area contributed by atoms with E-state index < -0.39 is 36.6 Å². The third kappa shape index (κ3) is 4.18. The lowest BCUT2D eigenvalue weighted by molar-refractivity contribution is 0.163. The van der Waals surface area contributed by atoms with Gasteiger partial charge in [0, 0.05) is 10.7 Å². The van der Waals surface area contributed by atoms with Gasteiger partial charge in [-0.1, -0.05) is 0 Å². The Labute approximate surface area is 135 Å². The Morgan fingerprint density at radius 3 is 2.70 bits per heavy atom. The second-order valence-electron chi connectivity index (χ2n) is 4.16. The number of hydrogen-bond acceptors (Lipinski definition) is 6. The van der Waals surface area contributed by atoms with E-state index in [0.29, 0.717) is 14.8 Å². The Morgan fingerprint density at radius 1 is 1.35 bits per heavy atom. The molecule has 9 nitrogen and oxygen atoms in total. The predicted octanol–water partition coefficient (Wildman–Crippen LogP) is 0.832. The van der Waals surface area contributed by atoms with Crippen LogP contribution in [0.4, 0.5) is 13.6 Å². The molecule has 0 bridgehead atoms. The molecule has 12 heteroatoms. The highest BCUT2D eigenvalue weighted by Crippen LogP contribution is 2.12. The van der Waals surface area contributed by atoms with Crippen LogP contribution in [0.15, 0.2) is 39.4 Å². The maximum Gasteiger partial charge on any atom is 0.404 e. The van der Waals surface area contributed by atoms with Crippen molar-refractivity contribution in [2.24, 2.45) is 5.73 Å². The van der Waals surface area contributed by atoms with Gasteiger partial charge in [0.25, 0.3) is 6.08 Å². The number of halogens is 3. The molecule has 2 N–H and O–H groups in total. The Hall–Kier alpha value is -2.63. The van der Waals surface area contributed by atoms with E-state index in [9.17, 15) is 18.4 Å².